The first kappa shape index (κ1) is 56.8. The number of ether oxygens (including phenoxy) is 6. The van der Waals surface area contributed by atoms with E-state index in [1.54, 1.807) is 6.29 Å². The van der Waals surface area contributed by atoms with Crippen molar-refractivity contribution in [2.45, 2.75) is 87.8 Å². The third-order valence-corrected chi connectivity index (χ3v) is 10.7. The second-order valence-electron chi connectivity index (χ2n) is 13.9. The minimum atomic E-state index is -2.16. The van der Waals surface area contributed by atoms with E-state index in [0.717, 1.165) is 12.2 Å². The molecule has 2 aromatic rings. The van der Waals surface area contributed by atoms with Gasteiger partial charge in [0.15, 0.2) is 30.4 Å². The van der Waals surface area contributed by atoms with Crippen LogP contribution in [0.3, 0.4) is 0 Å². The fourth-order valence-electron chi connectivity index (χ4n) is 8.27. The fourth-order valence-corrected chi connectivity index (χ4v) is 8.27. The van der Waals surface area contributed by atoms with Gasteiger partial charge in [0, 0.05) is 219 Å². The number of fused-ring (bicyclic) bond motifs is 6. The van der Waals surface area contributed by atoms with Crippen molar-refractivity contribution in [3.05, 3.63) is 69.0 Å². The molecule has 3 fully saturated rings. The topological polar surface area (TPSA) is 236 Å². The third kappa shape index (κ3) is 10.9. The molecule has 17 nitrogen and oxygen atoms in total. The van der Waals surface area contributed by atoms with Gasteiger partial charge in [-0.3, -0.25) is 25.6 Å². The van der Waals surface area contributed by atoms with Crippen molar-refractivity contribution in [1.82, 2.24) is 4.90 Å². The van der Waals surface area contributed by atoms with Gasteiger partial charge in [-0.15, -0.1) is 6.42 Å². The molecule has 8 rings (SSSR count). The van der Waals surface area contributed by atoms with E-state index in [-0.39, 0.29) is 217 Å². The van der Waals surface area contributed by atoms with Crippen LogP contribution in [0.15, 0.2) is 30.4 Å². The Labute approximate surface area is 471 Å². The standard InChI is InChI=1S/C34H36NO13.C4H3NO2.5Y/c1-15-31-18(35-9-11-45-33(44-3)32(35)48-31)12-22(46-15)47-20-14-34(42,21(37)8-5-10-36)13-17-24(20)30(41)26-25(28(17)39)27(38)16-6-4-7-19(43-2)23(16)29(26)40;6-3-1-2-4(7)5-3;;;;;/h4,6-7,15,18,20,22,31-33,39,41-42H,5,8-9,11-14H2,1-3H3;1-2H,(H,5,6,7);;;;;/q-1;;;;;;/p-1/t15-,18-,20-,22-,31+,32+,33-,34-;;;;;;/m0....../s1. The number of benzene rings is 2. The summed E-state index contributed by atoms with van der Waals surface area (Å²) in [6.45, 7) is 2.82. The number of Topliss-reactive ketones (excluding diaryl/α,β-unsaturated/α-hetero) is 1. The number of rotatable bonds is 8. The maximum atomic E-state index is 13.9. The zero-order valence-corrected chi connectivity index (χ0v) is 47.1. The summed E-state index contributed by atoms with van der Waals surface area (Å²) in [6, 6.07) is 4.27. The molecule has 307 valence electrons. The predicted octanol–water partition coefficient (Wildman–Crippen LogP) is 1.58. The molecule has 4 aliphatic heterocycles. The molecule has 3 saturated heterocycles. The third-order valence-electron chi connectivity index (χ3n) is 10.7. The number of aromatic hydroxyl groups is 2. The van der Waals surface area contributed by atoms with E-state index >= 15 is 0 Å². The van der Waals surface area contributed by atoms with Crippen LogP contribution in [0.2, 0.25) is 0 Å². The number of ketones is 3. The number of carbonyl (C=O) groups is 5. The van der Waals surface area contributed by atoms with Crippen molar-refractivity contribution in [3.8, 4) is 17.2 Å². The number of morpholine rings is 1. The van der Waals surface area contributed by atoms with Crippen molar-refractivity contribution in [1.29, 1.82) is 0 Å². The fraction of sp³-hybridized carbons (Fsp3) is 0.474. The summed E-state index contributed by atoms with van der Waals surface area (Å²) in [6.07, 6.45) is -1.38. The van der Waals surface area contributed by atoms with E-state index in [9.17, 15) is 44.1 Å². The Kier molecular flexibility index (Phi) is 22.6. The van der Waals surface area contributed by atoms with Gasteiger partial charge < -0.3 is 63.4 Å². The number of carbonyl (C=O) groups excluding carboxylic acids is 6. The number of methoxy groups -OCH3 is 2. The second-order valence-corrected chi connectivity index (χ2v) is 13.9. The van der Waals surface area contributed by atoms with Gasteiger partial charge in [0.25, 0.3) is 0 Å². The Bertz CT molecular complexity index is 2000. The zero-order chi connectivity index (χ0) is 39.3. The molecule has 0 aromatic heterocycles. The summed E-state index contributed by atoms with van der Waals surface area (Å²) in [5, 5.41) is 38.3. The van der Waals surface area contributed by atoms with Crippen LogP contribution in [0, 0.1) is 0 Å². The number of nitrogens with zero attached hydrogens (tertiary/aromatic N) is 2. The number of hydrogen-bond donors (Lipinski definition) is 3. The van der Waals surface area contributed by atoms with Crippen molar-refractivity contribution in [3.63, 3.8) is 0 Å². The first-order valence-electron chi connectivity index (χ1n) is 17.6. The summed E-state index contributed by atoms with van der Waals surface area (Å²) in [7, 11) is 2.88. The van der Waals surface area contributed by atoms with Gasteiger partial charge in [0.2, 0.25) is 5.78 Å². The van der Waals surface area contributed by atoms with E-state index in [1.807, 2.05) is 6.92 Å². The van der Waals surface area contributed by atoms with E-state index in [4.69, 9.17) is 28.4 Å². The van der Waals surface area contributed by atoms with Crippen LogP contribution >= 0.6 is 0 Å². The number of aliphatic hydroxyl groups is 1. The van der Waals surface area contributed by atoms with E-state index in [2.05, 4.69) is 10.2 Å². The van der Waals surface area contributed by atoms with Crippen molar-refractivity contribution >= 4 is 35.5 Å². The second kappa shape index (κ2) is 23.9. The molecule has 22 heteroatoms. The summed E-state index contributed by atoms with van der Waals surface area (Å²) in [5.41, 5.74) is -3.31. The molecule has 4 heterocycles. The SMILES string of the molecule is COc1cccc2c1C(=O)c1c(O)c3c(c(O)c1C2=O)C[C@@](O)(C(=O)CC[C-]=O)C[C@@H]3O[C@H]1C[C@H]2[C@H](O[C@@H]3[C@@H](OC)OCCN32)[C@H](C)O1.O=C1C=CC(=O)[N-]1.[Y].[Y].[Y].[Y].[Y]. The summed E-state index contributed by atoms with van der Waals surface area (Å²) in [4.78, 5) is 74.1. The van der Waals surface area contributed by atoms with Crippen molar-refractivity contribution < 1.29 is 236 Å². The molecular weight excluding hydrogens is 1170 g/mol. The molecule has 2 aromatic carbocycles. The Morgan fingerprint density at radius 3 is 2.23 bits per heavy atom. The monoisotopic (exact) mass is 1210 g/mol. The number of hydrogen-bond acceptors (Lipinski definition) is 16. The van der Waals surface area contributed by atoms with Crippen LogP contribution in [0.5, 0.6) is 17.2 Å². The average Bonchev–Trinajstić information content (AvgIpc) is 3.75. The quantitative estimate of drug-likeness (QED) is 0.165. The minimum Gasteiger partial charge on any atom is -0.589 e. The van der Waals surface area contributed by atoms with Gasteiger partial charge in [-0.05, 0) is 31.6 Å². The first-order chi connectivity index (χ1) is 26.3. The molecule has 0 bridgehead atoms. The van der Waals surface area contributed by atoms with Crippen LogP contribution in [0.25, 0.3) is 5.32 Å². The largest absolute Gasteiger partial charge is 0.589 e. The first-order valence-corrected chi connectivity index (χ1v) is 17.6. The Morgan fingerprint density at radius 2 is 1.63 bits per heavy atom. The van der Waals surface area contributed by atoms with Gasteiger partial charge in [0.05, 0.1) is 54.4 Å². The van der Waals surface area contributed by atoms with Crippen molar-refractivity contribution in [2.24, 2.45) is 0 Å². The van der Waals surface area contributed by atoms with Crippen LogP contribution in [-0.2, 0) is 213 Å². The van der Waals surface area contributed by atoms with Gasteiger partial charge in [-0.1, -0.05) is 12.1 Å². The Balaban J connectivity index is 0.000000942. The summed E-state index contributed by atoms with van der Waals surface area (Å²) < 4.78 is 35.5. The maximum Gasteiger partial charge on any atom is 0.202 e. The molecule has 60 heavy (non-hydrogen) atoms. The number of imide groups is 1. The minimum absolute atomic E-state index is 0. The smallest absolute Gasteiger partial charge is 0.202 e. The van der Waals surface area contributed by atoms with Gasteiger partial charge in [-0.25, -0.2) is 0 Å². The molecule has 0 saturated carbocycles. The average molecular weight is 1210 g/mol. The number of phenols is 2. The van der Waals surface area contributed by atoms with Crippen LogP contribution in [-0.4, -0.2) is 126 Å². The molecule has 5 radical (unpaired) electrons. The molecule has 6 aliphatic rings. The maximum absolute atomic E-state index is 13.9. The Morgan fingerprint density at radius 1 is 0.967 bits per heavy atom. The van der Waals surface area contributed by atoms with E-state index in [1.165, 1.54) is 32.4 Å². The molecule has 8 atom stereocenters. The van der Waals surface area contributed by atoms with Crippen LogP contribution in [0.1, 0.15) is 81.7 Å². The summed E-state index contributed by atoms with van der Waals surface area (Å²) in [5.74, 6) is -4.26. The van der Waals surface area contributed by atoms with Gasteiger partial charge in [0.1, 0.15) is 29.0 Å². The molecule has 2 amide bonds. The number of phenolic OH excluding ortho intramolecular Hbond substituents is 2. The normalized spacial score (nSPS) is 28.0. The van der Waals surface area contributed by atoms with Crippen molar-refractivity contribution in [2.75, 3.05) is 27.4 Å². The van der Waals surface area contributed by atoms with Gasteiger partial charge >= 0.3 is 0 Å². The zero-order valence-electron chi connectivity index (χ0n) is 32.9. The van der Waals surface area contributed by atoms with E-state index in [0.29, 0.717) is 19.6 Å². The number of amides is 2. The molecule has 3 N–H and O–H groups in total. The molecule has 2 aliphatic carbocycles. The molecular formula is C38H38N2O15Y5-2. The Hall–Kier alpha value is 0.639. The van der Waals surface area contributed by atoms with Gasteiger partial charge in [-0.2, -0.15) is 0 Å². The van der Waals surface area contributed by atoms with Crippen LogP contribution < -0.4 is 4.74 Å². The van der Waals surface area contributed by atoms with Crippen LogP contribution in [0.4, 0.5) is 0 Å². The van der Waals surface area contributed by atoms with E-state index < -0.39 is 101 Å². The predicted molar refractivity (Wildman–Crippen MR) is 184 cm³/mol. The summed E-state index contributed by atoms with van der Waals surface area (Å²) >= 11 is 0. The molecule has 0 unspecified atom stereocenters. The molecule has 0 spiro atoms.